The van der Waals surface area contributed by atoms with Gasteiger partial charge in [-0.15, -0.1) is 0 Å². The Balaban J connectivity index is 1.70. The normalized spacial score (nSPS) is 50.6. The molecule has 0 aliphatic heterocycles. The molecule has 0 bridgehead atoms. The molecule has 6 atom stereocenters. The number of hydrogen-bond donors (Lipinski definition) is 1. The zero-order chi connectivity index (χ0) is 17.3. The van der Waals surface area contributed by atoms with Crippen molar-refractivity contribution in [2.24, 2.45) is 28.6 Å². The first-order valence-electron chi connectivity index (χ1n) is 9.70. The van der Waals surface area contributed by atoms with Gasteiger partial charge in [-0.2, -0.15) is 0 Å². The van der Waals surface area contributed by atoms with E-state index >= 15 is 0 Å². The highest BCUT2D eigenvalue weighted by atomic mass is 16.3. The Kier molecular flexibility index (Phi) is 3.46. The van der Waals surface area contributed by atoms with Crippen LogP contribution in [0.15, 0.2) is 11.6 Å². The molecule has 0 aromatic carbocycles. The summed E-state index contributed by atoms with van der Waals surface area (Å²) in [7, 11) is 0. The van der Waals surface area contributed by atoms with Crippen LogP contribution in [0, 0.1) is 28.6 Å². The van der Waals surface area contributed by atoms with Crippen LogP contribution in [0.25, 0.3) is 0 Å². The smallest absolute Gasteiger partial charge is 0.161 e. The van der Waals surface area contributed by atoms with Crippen molar-refractivity contribution in [3.63, 3.8) is 0 Å². The third kappa shape index (κ3) is 1.88. The van der Waals surface area contributed by atoms with Gasteiger partial charge in [0.2, 0.25) is 0 Å². The molecule has 0 radical (unpaired) electrons. The molecular formula is C21H30O3. The van der Waals surface area contributed by atoms with Gasteiger partial charge in [0.1, 0.15) is 5.60 Å². The standard InChI is InChI=1S/C21H30O3/c1-13(22)21(24)11-8-18-16-5-4-14-12-15(23)6-9-19(14,2)17(16)7-10-20(18,21)3/h12,16-18,24H,4-11H2,1-3H3/t16-,17-,18-,19-,20-,21+/m0/s1. The van der Waals surface area contributed by atoms with Gasteiger partial charge in [0.25, 0.3) is 0 Å². The highest BCUT2D eigenvalue weighted by Crippen LogP contribution is 2.67. The Bertz CT molecular complexity index is 635. The monoisotopic (exact) mass is 330 g/mol. The molecular weight excluding hydrogens is 300 g/mol. The number of carbonyl (C=O) groups excluding carboxylic acids is 2. The summed E-state index contributed by atoms with van der Waals surface area (Å²) in [5, 5.41) is 11.1. The Hall–Kier alpha value is -0.960. The highest BCUT2D eigenvalue weighted by Gasteiger charge is 2.65. The first kappa shape index (κ1) is 16.5. The minimum absolute atomic E-state index is 0.0446. The van der Waals surface area contributed by atoms with Gasteiger partial charge >= 0.3 is 0 Å². The summed E-state index contributed by atoms with van der Waals surface area (Å²) < 4.78 is 0. The molecule has 4 rings (SSSR count). The van der Waals surface area contributed by atoms with E-state index in [0.717, 1.165) is 38.5 Å². The number of ketones is 2. The summed E-state index contributed by atoms with van der Waals surface area (Å²) in [6.45, 7) is 6.10. The first-order valence-corrected chi connectivity index (χ1v) is 9.70. The molecule has 4 aliphatic rings. The van der Waals surface area contributed by atoms with E-state index in [0.29, 0.717) is 36.4 Å². The second kappa shape index (κ2) is 5.03. The van der Waals surface area contributed by atoms with Gasteiger partial charge in [0.15, 0.2) is 11.6 Å². The van der Waals surface area contributed by atoms with Gasteiger partial charge in [0, 0.05) is 11.8 Å². The topological polar surface area (TPSA) is 54.4 Å². The maximum Gasteiger partial charge on any atom is 0.161 e. The van der Waals surface area contributed by atoms with Crippen LogP contribution in [-0.2, 0) is 9.59 Å². The molecule has 3 fully saturated rings. The average Bonchev–Trinajstić information content (AvgIpc) is 2.81. The number of carbonyl (C=O) groups is 2. The SMILES string of the molecule is CC(=O)[C@]1(O)CC[C@H]2[C@H]3CCC4=CC(=O)CC[C@]4(C)[C@H]3CC[C@@]21C. The summed E-state index contributed by atoms with van der Waals surface area (Å²) in [5.74, 6) is 1.90. The van der Waals surface area contributed by atoms with Gasteiger partial charge in [-0.25, -0.2) is 0 Å². The summed E-state index contributed by atoms with van der Waals surface area (Å²) in [6, 6.07) is 0. The molecule has 0 aromatic heterocycles. The molecule has 1 N–H and O–H groups in total. The maximum absolute atomic E-state index is 12.2. The molecule has 0 aromatic rings. The molecule has 0 unspecified atom stereocenters. The maximum atomic E-state index is 12.2. The molecule has 0 amide bonds. The lowest BCUT2D eigenvalue weighted by atomic mass is 9.46. The number of rotatable bonds is 1. The highest BCUT2D eigenvalue weighted by molar-refractivity contribution is 5.91. The van der Waals surface area contributed by atoms with Gasteiger partial charge in [-0.05, 0) is 81.1 Å². The van der Waals surface area contributed by atoms with Crippen LogP contribution in [0.2, 0.25) is 0 Å². The Morgan fingerprint density at radius 2 is 1.79 bits per heavy atom. The van der Waals surface area contributed by atoms with Gasteiger partial charge < -0.3 is 5.11 Å². The van der Waals surface area contributed by atoms with Crippen molar-refractivity contribution in [1.82, 2.24) is 0 Å². The molecule has 3 heteroatoms. The molecule has 0 saturated heterocycles. The van der Waals surface area contributed by atoms with Crippen LogP contribution < -0.4 is 0 Å². The third-order valence-corrected chi connectivity index (χ3v) is 8.70. The lowest BCUT2D eigenvalue weighted by Gasteiger charge is -2.58. The van der Waals surface area contributed by atoms with E-state index < -0.39 is 5.60 Å². The molecule has 132 valence electrons. The van der Waals surface area contributed by atoms with E-state index in [1.807, 2.05) is 6.08 Å². The number of hydrogen-bond acceptors (Lipinski definition) is 3. The fraction of sp³-hybridized carbons (Fsp3) is 0.810. The Morgan fingerprint density at radius 1 is 1.08 bits per heavy atom. The van der Waals surface area contributed by atoms with Gasteiger partial charge in [0.05, 0.1) is 0 Å². The predicted molar refractivity (Wildman–Crippen MR) is 92.3 cm³/mol. The van der Waals surface area contributed by atoms with E-state index in [1.54, 1.807) is 6.92 Å². The zero-order valence-corrected chi connectivity index (χ0v) is 15.2. The minimum atomic E-state index is -1.12. The van der Waals surface area contributed by atoms with E-state index in [9.17, 15) is 14.7 Å². The van der Waals surface area contributed by atoms with Crippen LogP contribution in [0.5, 0.6) is 0 Å². The van der Waals surface area contributed by atoms with E-state index in [1.165, 1.54) is 5.57 Å². The van der Waals surface area contributed by atoms with Crippen LogP contribution in [-0.4, -0.2) is 22.3 Å². The Morgan fingerprint density at radius 3 is 2.50 bits per heavy atom. The molecule has 24 heavy (non-hydrogen) atoms. The van der Waals surface area contributed by atoms with Crippen molar-refractivity contribution in [2.75, 3.05) is 0 Å². The molecule has 0 spiro atoms. The largest absolute Gasteiger partial charge is 0.382 e. The second-order valence-electron chi connectivity index (χ2n) is 9.38. The van der Waals surface area contributed by atoms with Crippen LogP contribution in [0.1, 0.15) is 72.1 Å². The summed E-state index contributed by atoms with van der Waals surface area (Å²) >= 11 is 0. The summed E-state index contributed by atoms with van der Waals surface area (Å²) in [6.07, 6.45) is 9.37. The van der Waals surface area contributed by atoms with Crippen molar-refractivity contribution < 1.29 is 14.7 Å². The lowest BCUT2D eigenvalue weighted by molar-refractivity contribution is -0.160. The lowest BCUT2D eigenvalue weighted by Crippen LogP contribution is -2.57. The van der Waals surface area contributed by atoms with Crippen molar-refractivity contribution in [3.8, 4) is 0 Å². The van der Waals surface area contributed by atoms with Crippen molar-refractivity contribution >= 4 is 11.6 Å². The minimum Gasteiger partial charge on any atom is -0.382 e. The molecule has 3 saturated carbocycles. The van der Waals surface area contributed by atoms with Crippen LogP contribution >= 0.6 is 0 Å². The average molecular weight is 330 g/mol. The zero-order valence-electron chi connectivity index (χ0n) is 15.2. The number of allylic oxidation sites excluding steroid dienone is 1. The predicted octanol–water partition coefficient (Wildman–Crippen LogP) is 3.84. The molecule has 0 heterocycles. The number of fused-ring (bicyclic) bond motifs is 5. The summed E-state index contributed by atoms with van der Waals surface area (Å²) in [4.78, 5) is 24.1. The van der Waals surface area contributed by atoms with E-state index in [-0.39, 0.29) is 16.6 Å². The van der Waals surface area contributed by atoms with Crippen LogP contribution in [0.4, 0.5) is 0 Å². The number of Topliss-reactive ketones (excluding diaryl/α,β-unsaturated/α-hetero) is 1. The fourth-order valence-electron chi connectivity index (χ4n) is 7.15. The van der Waals surface area contributed by atoms with Crippen LogP contribution in [0.3, 0.4) is 0 Å². The fourth-order valence-corrected chi connectivity index (χ4v) is 7.15. The number of aliphatic hydroxyl groups is 1. The van der Waals surface area contributed by atoms with Gasteiger partial charge in [-0.3, -0.25) is 9.59 Å². The van der Waals surface area contributed by atoms with Gasteiger partial charge in [-0.1, -0.05) is 19.4 Å². The molecule has 4 aliphatic carbocycles. The van der Waals surface area contributed by atoms with E-state index in [2.05, 4.69) is 13.8 Å². The van der Waals surface area contributed by atoms with Crippen molar-refractivity contribution in [3.05, 3.63) is 11.6 Å². The van der Waals surface area contributed by atoms with E-state index in [4.69, 9.17) is 0 Å². The Labute approximate surface area is 144 Å². The van der Waals surface area contributed by atoms with Crippen molar-refractivity contribution in [2.45, 2.75) is 77.7 Å². The second-order valence-corrected chi connectivity index (χ2v) is 9.38. The van der Waals surface area contributed by atoms with Crippen molar-refractivity contribution in [1.29, 1.82) is 0 Å². The summed E-state index contributed by atoms with van der Waals surface area (Å²) in [5.41, 5.74) is 0.155. The third-order valence-electron chi connectivity index (χ3n) is 8.70. The molecule has 3 nitrogen and oxygen atoms in total. The quantitative estimate of drug-likeness (QED) is 0.795. The first-order chi connectivity index (χ1) is 11.2.